The smallest absolute Gasteiger partial charge is 0.230 e. The lowest BCUT2D eigenvalue weighted by atomic mass is 10.2. The standard InChI is InChI=1S/C22H18ClN3OS2/c23-17-10-8-16(9-11-17)13-24-21(27)15-29-22-25-19(20-7-4-12-28-20)14-26(22)18-5-2-1-3-6-18/h1-12,14H,13,15H2,(H,24,27). The minimum Gasteiger partial charge on any atom is -0.351 e. The molecule has 4 rings (SSSR count). The van der Waals surface area contributed by atoms with E-state index < -0.39 is 0 Å². The van der Waals surface area contributed by atoms with Crippen LogP contribution in [0.3, 0.4) is 0 Å². The van der Waals surface area contributed by atoms with Crippen molar-refractivity contribution < 1.29 is 4.79 Å². The van der Waals surface area contributed by atoms with Gasteiger partial charge in [0.2, 0.25) is 5.91 Å². The minimum atomic E-state index is -0.0368. The summed E-state index contributed by atoms with van der Waals surface area (Å²) in [7, 11) is 0. The number of hydrogen-bond donors (Lipinski definition) is 1. The van der Waals surface area contributed by atoms with E-state index in [1.165, 1.54) is 11.8 Å². The normalized spacial score (nSPS) is 10.8. The molecule has 146 valence electrons. The molecule has 2 aromatic carbocycles. The van der Waals surface area contributed by atoms with Gasteiger partial charge in [0.1, 0.15) is 0 Å². The molecule has 1 amide bonds. The van der Waals surface area contributed by atoms with Gasteiger partial charge in [0.15, 0.2) is 5.16 Å². The minimum absolute atomic E-state index is 0.0368. The van der Waals surface area contributed by atoms with Crippen LogP contribution >= 0.6 is 34.7 Å². The number of halogens is 1. The highest BCUT2D eigenvalue weighted by molar-refractivity contribution is 7.99. The quantitative estimate of drug-likeness (QED) is 0.378. The summed E-state index contributed by atoms with van der Waals surface area (Å²) >= 11 is 8.98. The lowest BCUT2D eigenvalue weighted by molar-refractivity contribution is -0.118. The largest absolute Gasteiger partial charge is 0.351 e. The summed E-state index contributed by atoms with van der Waals surface area (Å²) in [6.45, 7) is 0.476. The predicted molar refractivity (Wildman–Crippen MR) is 121 cm³/mol. The fraction of sp³-hybridized carbons (Fsp3) is 0.0909. The third-order valence-corrected chi connectivity index (χ3v) is 6.31. The number of aromatic nitrogens is 2. The molecule has 0 aliphatic heterocycles. The highest BCUT2D eigenvalue weighted by Crippen LogP contribution is 2.29. The second-order valence-electron chi connectivity index (χ2n) is 6.28. The van der Waals surface area contributed by atoms with Crippen LogP contribution in [0.15, 0.2) is 83.5 Å². The molecule has 29 heavy (non-hydrogen) atoms. The highest BCUT2D eigenvalue weighted by atomic mass is 35.5. The fourth-order valence-corrected chi connectivity index (χ4v) is 4.39. The SMILES string of the molecule is O=C(CSc1nc(-c2cccs2)cn1-c1ccccc1)NCc1ccc(Cl)cc1. The molecule has 0 fully saturated rings. The van der Waals surface area contributed by atoms with E-state index in [-0.39, 0.29) is 5.91 Å². The zero-order valence-electron chi connectivity index (χ0n) is 15.4. The summed E-state index contributed by atoms with van der Waals surface area (Å²) in [5.41, 5.74) is 2.94. The third-order valence-electron chi connectivity index (χ3n) is 4.22. The average molecular weight is 440 g/mol. The Balaban J connectivity index is 1.45. The van der Waals surface area contributed by atoms with Crippen molar-refractivity contribution >= 4 is 40.6 Å². The van der Waals surface area contributed by atoms with Crippen LogP contribution in [0.5, 0.6) is 0 Å². The number of carbonyl (C=O) groups is 1. The first-order chi connectivity index (χ1) is 14.2. The van der Waals surface area contributed by atoms with Crippen LogP contribution in [0, 0.1) is 0 Å². The van der Waals surface area contributed by atoms with Gasteiger partial charge in [-0.3, -0.25) is 9.36 Å². The summed E-state index contributed by atoms with van der Waals surface area (Å²) in [5.74, 6) is 0.256. The topological polar surface area (TPSA) is 46.9 Å². The maximum absolute atomic E-state index is 12.3. The third kappa shape index (κ3) is 5.09. The molecule has 0 aliphatic rings. The van der Waals surface area contributed by atoms with Gasteiger partial charge in [-0.25, -0.2) is 4.98 Å². The number of carbonyl (C=O) groups excluding carboxylic acids is 1. The van der Waals surface area contributed by atoms with Crippen LogP contribution in [-0.4, -0.2) is 21.2 Å². The maximum Gasteiger partial charge on any atom is 0.230 e. The molecule has 0 atom stereocenters. The van der Waals surface area contributed by atoms with E-state index in [0.717, 1.165) is 27.0 Å². The van der Waals surface area contributed by atoms with Gasteiger partial charge < -0.3 is 5.32 Å². The molecule has 0 bridgehead atoms. The lowest BCUT2D eigenvalue weighted by Gasteiger charge is -2.08. The molecule has 2 heterocycles. The van der Waals surface area contributed by atoms with Crippen molar-refractivity contribution in [2.24, 2.45) is 0 Å². The molecule has 0 saturated heterocycles. The van der Waals surface area contributed by atoms with Crippen LogP contribution in [-0.2, 0) is 11.3 Å². The molecule has 0 saturated carbocycles. The van der Waals surface area contributed by atoms with Gasteiger partial charge >= 0.3 is 0 Å². The van der Waals surface area contributed by atoms with E-state index in [4.69, 9.17) is 16.6 Å². The molecule has 0 radical (unpaired) electrons. The summed E-state index contributed by atoms with van der Waals surface area (Å²) in [5, 5.41) is 6.46. The van der Waals surface area contributed by atoms with Crippen molar-refractivity contribution in [3.63, 3.8) is 0 Å². The van der Waals surface area contributed by atoms with E-state index in [1.807, 2.05) is 76.8 Å². The lowest BCUT2D eigenvalue weighted by Crippen LogP contribution is -2.24. The summed E-state index contributed by atoms with van der Waals surface area (Å²) in [6.07, 6.45) is 2.02. The number of rotatable bonds is 7. The molecule has 0 spiro atoms. The molecule has 2 aromatic heterocycles. The number of thioether (sulfide) groups is 1. The molecule has 1 N–H and O–H groups in total. The zero-order valence-corrected chi connectivity index (χ0v) is 17.8. The van der Waals surface area contributed by atoms with Gasteiger partial charge in [-0.05, 0) is 41.3 Å². The number of benzene rings is 2. The first kappa shape index (κ1) is 19.8. The molecule has 4 aromatic rings. The molecule has 0 aliphatic carbocycles. The van der Waals surface area contributed by atoms with E-state index in [2.05, 4.69) is 11.4 Å². The first-order valence-corrected chi connectivity index (χ1v) is 11.3. The second kappa shape index (κ2) is 9.31. The van der Waals surface area contributed by atoms with Gasteiger partial charge in [-0.15, -0.1) is 11.3 Å². The van der Waals surface area contributed by atoms with Gasteiger partial charge in [0.25, 0.3) is 0 Å². The van der Waals surface area contributed by atoms with E-state index >= 15 is 0 Å². The van der Waals surface area contributed by atoms with Crippen molar-refractivity contribution in [1.29, 1.82) is 0 Å². The highest BCUT2D eigenvalue weighted by Gasteiger charge is 2.14. The molecule has 7 heteroatoms. The van der Waals surface area contributed by atoms with E-state index in [1.54, 1.807) is 11.3 Å². The summed E-state index contributed by atoms with van der Waals surface area (Å²) in [4.78, 5) is 18.2. The summed E-state index contributed by atoms with van der Waals surface area (Å²) in [6, 6.07) is 21.6. The van der Waals surface area contributed by atoms with Gasteiger partial charge in [0.05, 0.1) is 16.3 Å². The number of nitrogens with one attached hydrogen (secondary N) is 1. The number of nitrogens with zero attached hydrogens (tertiary/aromatic N) is 2. The molecular weight excluding hydrogens is 422 g/mol. The number of imidazole rings is 1. The number of hydrogen-bond acceptors (Lipinski definition) is 4. The Hall–Kier alpha value is -2.54. The second-order valence-corrected chi connectivity index (χ2v) is 8.61. The van der Waals surface area contributed by atoms with E-state index in [0.29, 0.717) is 17.3 Å². The number of para-hydroxylation sites is 1. The fourth-order valence-electron chi connectivity index (χ4n) is 2.77. The van der Waals surface area contributed by atoms with Crippen LogP contribution in [0.1, 0.15) is 5.56 Å². The van der Waals surface area contributed by atoms with Crippen molar-refractivity contribution in [2.45, 2.75) is 11.7 Å². The number of amides is 1. The Kier molecular flexibility index (Phi) is 6.34. The molecule has 0 unspecified atom stereocenters. The Morgan fingerprint density at radius 2 is 1.86 bits per heavy atom. The molecule has 4 nitrogen and oxygen atoms in total. The number of thiophene rings is 1. The van der Waals surface area contributed by atoms with Crippen LogP contribution in [0.2, 0.25) is 5.02 Å². The van der Waals surface area contributed by atoms with Gasteiger partial charge in [0, 0.05) is 23.5 Å². The monoisotopic (exact) mass is 439 g/mol. The Morgan fingerprint density at radius 1 is 1.07 bits per heavy atom. The van der Waals surface area contributed by atoms with Crippen molar-refractivity contribution in [3.8, 4) is 16.3 Å². The Morgan fingerprint density at radius 3 is 2.59 bits per heavy atom. The first-order valence-electron chi connectivity index (χ1n) is 9.02. The predicted octanol–water partition coefficient (Wildman–Crippen LogP) is 5.66. The van der Waals surface area contributed by atoms with Gasteiger partial charge in [-0.1, -0.05) is 59.8 Å². The van der Waals surface area contributed by atoms with Crippen molar-refractivity contribution in [3.05, 3.63) is 88.9 Å². The Labute approximate surface area is 182 Å². The van der Waals surface area contributed by atoms with Crippen LogP contribution in [0.25, 0.3) is 16.3 Å². The molecular formula is C22H18ClN3OS2. The summed E-state index contributed by atoms with van der Waals surface area (Å²) < 4.78 is 2.03. The Bertz CT molecular complexity index is 1080. The van der Waals surface area contributed by atoms with Crippen LogP contribution in [0.4, 0.5) is 0 Å². The van der Waals surface area contributed by atoms with Crippen molar-refractivity contribution in [1.82, 2.24) is 14.9 Å². The zero-order chi connectivity index (χ0) is 20.1. The van der Waals surface area contributed by atoms with E-state index in [9.17, 15) is 4.79 Å². The van der Waals surface area contributed by atoms with Crippen molar-refractivity contribution in [2.75, 3.05) is 5.75 Å². The van der Waals surface area contributed by atoms with Crippen LogP contribution < -0.4 is 5.32 Å². The van der Waals surface area contributed by atoms with Gasteiger partial charge in [-0.2, -0.15) is 0 Å². The maximum atomic E-state index is 12.3. The average Bonchev–Trinajstić information content (AvgIpc) is 3.42.